The fourth-order valence-electron chi connectivity index (χ4n) is 0.781. The molecule has 0 aromatic carbocycles. The average Bonchev–Trinajstić information content (AvgIpc) is 2.11. The second-order valence-corrected chi connectivity index (χ2v) is 2.66. The molecule has 1 unspecified atom stereocenters. The topological polar surface area (TPSA) is 46.5 Å². The zero-order chi connectivity index (χ0) is 9.56. The summed E-state index contributed by atoms with van der Waals surface area (Å²) in [6.07, 6.45) is 2.63. The van der Waals surface area contributed by atoms with Crippen LogP contribution < -0.4 is 0 Å². The van der Waals surface area contributed by atoms with Gasteiger partial charge in [-0.2, -0.15) is 0 Å². The minimum Gasteiger partial charge on any atom is -0.467 e. The van der Waals surface area contributed by atoms with Crippen molar-refractivity contribution in [3.05, 3.63) is 11.6 Å². The predicted molar refractivity (Wildman–Crippen MR) is 46.7 cm³/mol. The first kappa shape index (κ1) is 11.2. The SMILES string of the molecule is CCCC=C(C)C(O)C(=O)OC. The Morgan fingerprint density at radius 2 is 2.25 bits per heavy atom. The fourth-order valence-corrected chi connectivity index (χ4v) is 0.781. The molecule has 3 heteroatoms. The number of unbranched alkanes of at least 4 members (excludes halogenated alkanes) is 1. The first-order valence-electron chi connectivity index (χ1n) is 4.06. The molecular formula is C9H16O3. The lowest BCUT2D eigenvalue weighted by molar-refractivity contribution is -0.148. The monoisotopic (exact) mass is 172 g/mol. The van der Waals surface area contributed by atoms with E-state index < -0.39 is 12.1 Å². The molecule has 0 spiro atoms. The summed E-state index contributed by atoms with van der Waals surface area (Å²) < 4.78 is 4.38. The van der Waals surface area contributed by atoms with Gasteiger partial charge < -0.3 is 9.84 Å². The maximum absolute atomic E-state index is 10.8. The van der Waals surface area contributed by atoms with Gasteiger partial charge in [0.15, 0.2) is 6.10 Å². The van der Waals surface area contributed by atoms with E-state index in [1.54, 1.807) is 6.92 Å². The number of aliphatic hydroxyl groups is 1. The summed E-state index contributed by atoms with van der Waals surface area (Å²) in [6.45, 7) is 3.76. The van der Waals surface area contributed by atoms with Crippen molar-refractivity contribution in [2.24, 2.45) is 0 Å². The molecule has 3 nitrogen and oxygen atoms in total. The molecule has 0 aliphatic rings. The maximum Gasteiger partial charge on any atom is 0.339 e. The van der Waals surface area contributed by atoms with Crippen LogP contribution in [-0.4, -0.2) is 24.3 Å². The summed E-state index contributed by atoms with van der Waals surface area (Å²) in [6, 6.07) is 0. The van der Waals surface area contributed by atoms with Crippen molar-refractivity contribution < 1.29 is 14.6 Å². The summed E-state index contributed by atoms with van der Waals surface area (Å²) in [5.74, 6) is -0.597. The Morgan fingerprint density at radius 1 is 1.67 bits per heavy atom. The number of aliphatic hydroxyl groups excluding tert-OH is 1. The molecule has 12 heavy (non-hydrogen) atoms. The van der Waals surface area contributed by atoms with Gasteiger partial charge in [-0.15, -0.1) is 0 Å². The second kappa shape index (κ2) is 5.77. The van der Waals surface area contributed by atoms with Gasteiger partial charge in [0.1, 0.15) is 0 Å². The Morgan fingerprint density at radius 3 is 2.67 bits per heavy atom. The quantitative estimate of drug-likeness (QED) is 0.513. The summed E-state index contributed by atoms with van der Waals surface area (Å²) in [5, 5.41) is 9.27. The van der Waals surface area contributed by atoms with Crippen LogP contribution in [0.3, 0.4) is 0 Å². The molecule has 0 aliphatic carbocycles. The summed E-state index contributed by atoms with van der Waals surface area (Å²) in [7, 11) is 1.26. The van der Waals surface area contributed by atoms with Crippen molar-refractivity contribution in [1.29, 1.82) is 0 Å². The Kier molecular flexibility index (Phi) is 5.37. The number of hydrogen-bond acceptors (Lipinski definition) is 3. The van der Waals surface area contributed by atoms with E-state index in [-0.39, 0.29) is 0 Å². The molecule has 0 radical (unpaired) electrons. The zero-order valence-electron chi connectivity index (χ0n) is 7.83. The van der Waals surface area contributed by atoms with E-state index in [1.165, 1.54) is 7.11 Å². The number of methoxy groups -OCH3 is 1. The molecule has 0 saturated carbocycles. The third kappa shape index (κ3) is 3.53. The van der Waals surface area contributed by atoms with Gasteiger partial charge in [0.05, 0.1) is 7.11 Å². The van der Waals surface area contributed by atoms with E-state index in [4.69, 9.17) is 0 Å². The molecule has 0 saturated heterocycles. The fraction of sp³-hybridized carbons (Fsp3) is 0.667. The number of esters is 1. The molecule has 0 heterocycles. The van der Waals surface area contributed by atoms with Crippen LogP contribution in [0.2, 0.25) is 0 Å². The van der Waals surface area contributed by atoms with Gasteiger partial charge in [-0.1, -0.05) is 19.4 Å². The summed E-state index contributed by atoms with van der Waals surface area (Å²) in [4.78, 5) is 10.8. The van der Waals surface area contributed by atoms with E-state index >= 15 is 0 Å². The zero-order valence-corrected chi connectivity index (χ0v) is 7.83. The number of hydrogen-bond donors (Lipinski definition) is 1. The van der Waals surface area contributed by atoms with Gasteiger partial charge in [-0.05, 0) is 18.9 Å². The Hall–Kier alpha value is -0.830. The van der Waals surface area contributed by atoms with Crippen molar-refractivity contribution in [1.82, 2.24) is 0 Å². The van der Waals surface area contributed by atoms with E-state index in [0.29, 0.717) is 5.57 Å². The highest BCUT2D eigenvalue weighted by Crippen LogP contribution is 2.05. The maximum atomic E-state index is 10.8. The van der Waals surface area contributed by atoms with Crippen LogP contribution in [0, 0.1) is 0 Å². The van der Waals surface area contributed by atoms with Gasteiger partial charge in [0.25, 0.3) is 0 Å². The molecule has 0 aromatic rings. The number of carbonyl (C=O) groups excluding carboxylic acids is 1. The second-order valence-electron chi connectivity index (χ2n) is 2.66. The number of allylic oxidation sites excluding steroid dienone is 1. The third-order valence-corrected chi connectivity index (χ3v) is 1.61. The van der Waals surface area contributed by atoms with Crippen LogP contribution in [-0.2, 0) is 9.53 Å². The lowest BCUT2D eigenvalue weighted by Crippen LogP contribution is -2.22. The van der Waals surface area contributed by atoms with Crippen LogP contribution >= 0.6 is 0 Å². The van der Waals surface area contributed by atoms with Crippen molar-refractivity contribution in [3.8, 4) is 0 Å². The molecule has 0 bridgehead atoms. The molecule has 0 fully saturated rings. The minimum atomic E-state index is -1.10. The van der Waals surface area contributed by atoms with Gasteiger partial charge >= 0.3 is 5.97 Å². The normalized spacial score (nSPS) is 14.2. The first-order chi connectivity index (χ1) is 5.63. The van der Waals surface area contributed by atoms with E-state index in [0.717, 1.165) is 12.8 Å². The Labute approximate surface area is 73.0 Å². The highest BCUT2D eigenvalue weighted by Gasteiger charge is 2.16. The minimum absolute atomic E-state index is 0.597. The standard InChI is InChI=1S/C9H16O3/c1-4-5-6-7(2)8(10)9(11)12-3/h6,8,10H,4-5H2,1-3H3. The van der Waals surface area contributed by atoms with Crippen LogP contribution in [0.4, 0.5) is 0 Å². The lowest BCUT2D eigenvalue weighted by Gasteiger charge is -2.07. The Balaban J connectivity index is 4.08. The summed E-state index contributed by atoms with van der Waals surface area (Å²) >= 11 is 0. The van der Waals surface area contributed by atoms with Crippen molar-refractivity contribution in [3.63, 3.8) is 0 Å². The van der Waals surface area contributed by atoms with Crippen LogP contribution in [0.15, 0.2) is 11.6 Å². The first-order valence-corrected chi connectivity index (χ1v) is 4.06. The number of rotatable bonds is 4. The van der Waals surface area contributed by atoms with E-state index in [9.17, 15) is 9.90 Å². The lowest BCUT2D eigenvalue weighted by atomic mass is 10.1. The smallest absolute Gasteiger partial charge is 0.339 e. The van der Waals surface area contributed by atoms with Crippen LogP contribution in [0.25, 0.3) is 0 Å². The summed E-state index contributed by atoms with van der Waals surface area (Å²) in [5.41, 5.74) is 0.656. The van der Waals surface area contributed by atoms with Crippen molar-refractivity contribution >= 4 is 5.97 Å². The number of ether oxygens (including phenoxy) is 1. The molecule has 0 rings (SSSR count). The highest BCUT2D eigenvalue weighted by molar-refractivity contribution is 5.77. The third-order valence-electron chi connectivity index (χ3n) is 1.61. The van der Waals surface area contributed by atoms with Gasteiger partial charge in [0.2, 0.25) is 0 Å². The number of carbonyl (C=O) groups is 1. The molecule has 1 N–H and O–H groups in total. The molecule has 0 amide bonds. The Bertz CT molecular complexity index is 173. The highest BCUT2D eigenvalue weighted by atomic mass is 16.5. The van der Waals surface area contributed by atoms with Gasteiger partial charge in [0, 0.05) is 0 Å². The molecule has 70 valence electrons. The predicted octanol–water partition coefficient (Wildman–Crippen LogP) is 1.27. The van der Waals surface area contributed by atoms with Crippen molar-refractivity contribution in [2.45, 2.75) is 32.8 Å². The van der Waals surface area contributed by atoms with Gasteiger partial charge in [-0.25, -0.2) is 4.79 Å². The van der Waals surface area contributed by atoms with E-state index in [2.05, 4.69) is 4.74 Å². The van der Waals surface area contributed by atoms with E-state index in [1.807, 2.05) is 13.0 Å². The molecule has 0 aliphatic heterocycles. The molecule has 1 atom stereocenters. The van der Waals surface area contributed by atoms with Crippen molar-refractivity contribution in [2.75, 3.05) is 7.11 Å². The molecular weight excluding hydrogens is 156 g/mol. The molecule has 0 aromatic heterocycles. The van der Waals surface area contributed by atoms with Gasteiger partial charge in [-0.3, -0.25) is 0 Å². The van der Waals surface area contributed by atoms with Crippen LogP contribution in [0.5, 0.6) is 0 Å². The van der Waals surface area contributed by atoms with Crippen LogP contribution in [0.1, 0.15) is 26.7 Å². The average molecular weight is 172 g/mol. The largest absolute Gasteiger partial charge is 0.467 e.